The van der Waals surface area contributed by atoms with Gasteiger partial charge in [-0.05, 0) is 50.3 Å². The maximum Gasteiger partial charge on any atom is 0.225 e. The lowest BCUT2D eigenvalue weighted by Crippen LogP contribution is -2.51. The third kappa shape index (κ3) is 3.71. The van der Waals surface area contributed by atoms with Gasteiger partial charge in [0.05, 0.1) is 0 Å². The number of carbonyl (C=O) groups excluding carboxylic acids is 1. The summed E-state index contributed by atoms with van der Waals surface area (Å²) in [6.45, 7) is 5.45. The molecule has 1 aliphatic carbocycles. The molecular weight excluding hydrogens is 298 g/mol. The Hall–Kier alpha value is -1.49. The monoisotopic (exact) mass is 322 g/mol. The van der Waals surface area contributed by atoms with Crippen molar-refractivity contribution in [2.45, 2.75) is 45.2 Å². The minimum absolute atomic E-state index is 0.205. The minimum Gasteiger partial charge on any atom is -0.342 e. The molecule has 126 valence electrons. The van der Waals surface area contributed by atoms with Crippen molar-refractivity contribution in [2.75, 3.05) is 13.1 Å². The number of amides is 1. The topological polar surface area (TPSA) is 32.3 Å². The first-order chi connectivity index (χ1) is 11.0. The van der Waals surface area contributed by atoms with Gasteiger partial charge in [-0.15, -0.1) is 0 Å². The summed E-state index contributed by atoms with van der Waals surface area (Å²) in [6.07, 6.45) is 2.91. The smallest absolute Gasteiger partial charge is 0.225 e. The quantitative estimate of drug-likeness (QED) is 0.923. The third-order valence-electron chi connectivity index (χ3n) is 5.03. The van der Waals surface area contributed by atoms with Crippen LogP contribution in [0.3, 0.4) is 0 Å². The summed E-state index contributed by atoms with van der Waals surface area (Å²) in [5.74, 6) is 0.0328. The van der Waals surface area contributed by atoms with Crippen LogP contribution in [-0.4, -0.2) is 29.9 Å². The van der Waals surface area contributed by atoms with Crippen LogP contribution in [0.5, 0.6) is 0 Å². The molecule has 1 aromatic carbocycles. The highest BCUT2D eigenvalue weighted by Gasteiger charge is 2.37. The van der Waals surface area contributed by atoms with Crippen LogP contribution in [0.15, 0.2) is 18.2 Å². The zero-order valence-corrected chi connectivity index (χ0v) is 13.7. The molecule has 1 saturated carbocycles. The van der Waals surface area contributed by atoms with Crippen LogP contribution in [-0.2, 0) is 4.79 Å². The maximum absolute atomic E-state index is 13.9. The predicted molar refractivity (Wildman–Crippen MR) is 84.8 cm³/mol. The van der Waals surface area contributed by atoms with Crippen molar-refractivity contribution in [1.82, 2.24) is 10.2 Å². The molecule has 1 heterocycles. The molecule has 1 saturated heterocycles. The van der Waals surface area contributed by atoms with Gasteiger partial charge < -0.3 is 10.2 Å². The van der Waals surface area contributed by atoms with E-state index in [9.17, 15) is 13.6 Å². The Bertz CT molecular complexity index is 588. The zero-order valence-electron chi connectivity index (χ0n) is 13.7. The molecule has 1 aliphatic heterocycles. The molecule has 3 nitrogen and oxygen atoms in total. The van der Waals surface area contributed by atoms with E-state index >= 15 is 0 Å². The van der Waals surface area contributed by atoms with Crippen LogP contribution in [0.4, 0.5) is 8.78 Å². The molecule has 1 N–H and O–H groups in total. The van der Waals surface area contributed by atoms with Crippen molar-refractivity contribution in [1.29, 1.82) is 0 Å². The largest absolute Gasteiger partial charge is 0.342 e. The van der Waals surface area contributed by atoms with E-state index in [1.807, 2.05) is 11.8 Å². The van der Waals surface area contributed by atoms with Crippen LogP contribution in [0, 0.1) is 23.5 Å². The number of piperidine rings is 1. The number of hydrogen-bond acceptors (Lipinski definition) is 2. The molecule has 1 aromatic rings. The SMILES string of the molecule is C[C@H](N[C@H]1CCN(C(=O)C2CC2)C[C@H]1C)c1cc(F)ccc1F. The normalized spacial score (nSPS) is 26.2. The highest BCUT2D eigenvalue weighted by molar-refractivity contribution is 5.81. The number of hydrogen-bond donors (Lipinski definition) is 1. The van der Waals surface area contributed by atoms with Crippen molar-refractivity contribution in [3.8, 4) is 0 Å². The van der Waals surface area contributed by atoms with Gasteiger partial charge in [-0.25, -0.2) is 8.78 Å². The van der Waals surface area contributed by atoms with Crippen molar-refractivity contribution in [3.05, 3.63) is 35.4 Å². The van der Waals surface area contributed by atoms with Crippen LogP contribution in [0.2, 0.25) is 0 Å². The second-order valence-corrected chi connectivity index (χ2v) is 6.99. The molecule has 0 unspecified atom stereocenters. The molecular formula is C18H24F2N2O. The molecule has 0 radical (unpaired) electrons. The minimum atomic E-state index is -0.423. The molecule has 5 heteroatoms. The van der Waals surface area contributed by atoms with Crippen LogP contribution in [0.25, 0.3) is 0 Å². The number of benzene rings is 1. The van der Waals surface area contributed by atoms with Crippen LogP contribution >= 0.6 is 0 Å². The van der Waals surface area contributed by atoms with E-state index in [0.29, 0.717) is 17.4 Å². The summed E-state index contributed by atoms with van der Waals surface area (Å²) in [6, 6.07) is 3.50. The van der Waals surface area contributed by atoms with Gasteiger partial charge in [0.2, 0.25) is 5.91 Å². The molecule has 23 heavy (non-hydrogen) atoms. The highest BCUT2D eigenvalue weighted by atomic mass is 19.1. The number of halogens is 2. The molecule has 3 rings (SSSR count). The Morgan fingerprint density at radius 3 is 2.70 bits per heavy atom. The lowest BCUT2D eigenvalue weighted by molar-refractivity contribution is -0.134. The summed E-state index contributed by atoms with van der Waals surface area (Å²) < 4.78 is 27.2. The number of nitrogens with one attached hydrogen (secondary N) is 1. The molecule has 3 atom stereocenters. The Morgan fingerprint density at radius 2 is 2.04 bits per heavy atom. The Morgan fingerprint density at radius 1 is 1.30 bits per heavy atom. The summed E-state index contributed by atoms with van der Waals surface area (Å²) in [5.41, 5.74) is 0.355. The van der Waals surface area contributed by atoms with E-state index in [1.165, 1.54) is 12.1 Å². The van der Waals surface area contributed by atoms with Crippen LogP contribution < -0.4 is 5.32 Å². The fourth-order valence-corrected chi connectivity index (χ4v) is 3.44. The molecule has 0 spiro atoms. The predicted octanol–water partition coefficient (Wildman–Crippen LogP) is 3.26. The van der Waals surface area contributed by atoms with E-state index in [0.717, 1.165) is 38.4 Å². The first-order valence-electron chi connectivity index (χ1n) is 8.45. The van der Waals surface area contributed by atoms with Gasteiger partial charge in [-0.2, -0.15) is 0 Å². The lowest BCUT2D eigenvalue weighted by atomic mass is 9.92. The first kappa shape index (κ1) is 16.4. The van der Waals surface area contributed by atoms with Crippen molar-refractivity contribution in [3.63, 3.8) is 0 Å². The fourth-order valence-electron chi connectivity index (χ4n) is 3.44. The summed E-state index contributed by atoms with van der Waals surface area (Å²) in [5, 5.41) is 3.41. The van der Waals surface area contributed by atoms with Gasteiger partial charge >= 0.3 is 0 Å². The highest BCUT2D eigenvalue weighted by Crippen LogP contribution is 2.33. The van der Waals surface area contributed by atoms with Gasteiger partial charge in [0.1, 0.15) is 11.6 Å². The number of nitrogens with zero attached hydrogens (tertiary/aromatic N) is 1. The van der Waals surface area contributed by atoms with Gasteiger partial charge in [0.15, 0.2) is 0 Å². The van der Waals surface area contributed by atoms with E-state index in [4.69, 9.17) is 0 Å². The van der Waals surface area contributed by atoms with Gasteiger partial charge in [-0.1, -0.05) is 6.92 Å². The number of carbonyl (C=O) groups is 1. The molecule has 0 bridgehead atoms. The number of likely N-dealkylation sites (tertiary alicyclic amines) is 1. The zero-order chi connectivity index (χ0) is 16.6. The van der Waals surface area contributed by atoms with Crippen molar-refractivity contribution >= 4 is 5.91 Å². The lowest BCUT2D eigenvalue weighted by Gasteiger charge is -2.39. The average Bonchev–Trinajstić information content (AvgIpc) is 3.35. The maximum atomic E-state index is 13.9. The molecule has 1 amide bonds. The average molecular weight is 322 g/mol. The summed E-state index contributed by atoms with van der Waals surface area (Å²) in [4.78, 5) is 14.1. The van der Waals surface area contributed by atoms with Gasteiger partial charge in [0.25, 0.3) is 0 Å². The summed E-state index contributed by atoms with van der Waals surface area (Å²) in [7, 11) is 0. The Kier molecular flexibility index (Phi) is 4.67. The second-order valence-electron chi connectivity index (χ2n) is 6.99. The van der Waals surface area contributed by atoms with Crippen molar-refractivity contribution < 1.29 is 13.6 Å². The Labute approximate surface area is 136 Å². The van der Waals surface area contributed by atoms with Crippen molar-refractivity contribution in [2.24, 2.45) is 11.8 Å². The van der Waals surface area contributed by atoms with Crippen LogP contribution in [0.1, 0.15) is 44.7 Å². The molecule has 2 aliphatic rings. The van der Waals surface area contributed by atoms with E-state index in [1.54, 1.807) is 0 Å². The Balaban J connectivity index is 1.60. The first-order valence-corrected chi connectivity index (χ1v) is 8.45. The molecule has 0 aromatic heterocycles. The third-order valence-corrected chi connectivity index (χ3v) is 5.03. The van der Waals surface area contributed by atoms with E-state index in [-0.39, 0.29) is 23.8 Å². The summed E-state index contributed by atoms with van der Waals surface area (Å²) >= 11 is 0. The second kappa shape index (κ2) is 6.56. The standard InChI is InChI=1S/C18H24F2N2O/c1-11-10-22(18(23)13-3-4-13)8-7-17(11)21-12(2)15-9-14(19)5-6-16(15)20/h5-6,9,11-13,17,21H,3-4,7-8,10H2,1-2H3/t11-,12+,17+/m1/s1. The molecule has 2 fully saturated rings. The van der Waals surface area contributed by atoms with Gasteiger partial charge in [-0.3, -0.25) is 4.79 Å². The van der Waals surface area contributed by atoms with Gasteiger partial charge in [0, 0.05) is 36.7 Å². The van der Waals surface area contributed by atoms with E-state index in [2.05, 4.69) is 12.2 Å². The number of rotatable bonds is 4. The fraction of sp³-hybridized carbons (Fsp3) is 0.611. The van der Waals surface area contributed by atoms with E-state index < -0.39 is 5.82 Å².